The molecule has 2 heterocycles. The van der Waals surface area contributed by atoms with Gasteiger partial charge in [0.05, 0.1) is 0 Å². The smallest absolute Gasteiger partial charge is 0.170 e. The molecule has 2 atom stereocenters. The summed E-state index contributed by atoms with van der Waals surface area (Å²) >= 11 is 5.51. The van der Waals surface area contributed by atoms with Gasteiger partial charge in [-0.1, -0.05) is 25.7 Å². The van der Waals surface area contributed by atoms with Gasteiger partial charge in [-0.3, -0.25) is 4.90 Å². The Hall–Kier alpha value is -1.20. The van der Waals surface area contributed by atoms with Crippen molar-refractivity contribution in [3.05, 3.63) is 30.1 Å². The summed E-state index contributed by atoms with van der Waals surface area (Å²) in [5.74, 6) is -0.225. The average molecular weight is 376 g/mol. The first kappa shape index (κ1) is 18.2. The molecule has 1 saturated carbocycles. The van der Waals surface area contributed by atoms with Crippen LogP contribution < -0.4 is 10.6 Å². The van der Waals surface area contributed by atoms with Gasteiger partial charge in [0.25, 0.3) is 0 Å². The molecule has 3 aliphatic rings. The van der Waals surface area contributed by atoms with E-state index in [1.54, 1.807) is 12.1 Å². The Labute approximate surface area is 161 Å². The van der Waals surface area contributed by atoms with Crippen LogP contribution in [0.5, 0.6) is 0 Å². The van der Waals surface area contributed by atoms with Crippen LogP contribution in [0.2, 0.25) is 0 Å². The zero-order valence-corrected chi connectivity index (χ0v) is 16.2. The Bertz CT molecular complexity index is 600. The van der Waals surface area contributed by atoms with Crippen LogP contribution in [0.3, 0.4) is 0 Å². The Morgan fingerprint density at radius 2 is 1.50 bits per heavy atom. The molecule has 2 aliphatic heterocycles. The van der Waals surface area contributed by atoms with E-state index in [0.717, 1.165) is 23.8 Å². The first-order valence-electron chi connectivity index (χ1n) is 10.3. The molecule has 0 spiro atoms. The molecule has 0 radical (unpaired) electrons. The molecule has 2 unspecified atom stereocenters. The molecule has 4 rings (SSSR count). The fourth-order valence-electron chi connectivity index (χ4n) is 5.40. The lowest BCUT2D eigenvalue weighted by Gasteiger charge is -2.53. The molecule has 2 bridgehead atoms. The highest BCUT2D eigenvalue weighted by Crippen LogP contribution is 2.39. The number of anilines is 1. The number of hydrogen-bond donors (Lipinski definition) is 2. The van der Waals surface area contributed by atoms with Crippen molar-refractivity contribution in [2.45, 2.75) is 88.4 Å². The van der Waals surface area contributed by atoms with Gasteiger partial charge in [-0.2, -0.15) is 0 Å². The van der Waals surface area contributed by atoms with Gasteiger partial charge in [0, 0.05) is 29.9 Å². The van der Waals surface area contributed by atoms with Crippen LogP contribution in [0.1, 0.15) is 64.2 Å². The molecule has 0 amide bonds. The lowest BCUT2D eigenvalue weighted by Crippen LogP contribution is -2.60. The first-order valence-corrected chi connectivity index (χ1v) is 10.7. The lowest BCUT2D eigenvalue weighted by molar-refractivity contribution is -0.0195. The van der Waals surface area contributed by atoms with E-state index in [0.29, 0.717) is 11.2 Å². The maximum Gasteiger partial charge on any atom is 0.170 e. The minimum absolute atomic E-state index is 0.225. The van der Waals surface area contributed by atoms with Gasteiger partial charge in [0.2, 0.25) is 0 Å². The molecule has 5 heteroatoms. The largest absolute Gasteiger partial charge is 0.360 e. The van der Waals surface area contributed by atoms with E-state index in [1.165, 1.54) is 76.3 Å². The molecule has 2 saturated heterocycles. The molecule has 0 aromatic heterocycles. The van der Waals surface area contributed by atoms with E-state index in [-0.39, 0.29) is 5.82 Å². The van der Waals surface area contributed by atoms with Gasteiger partial charge < -0.3 is 10.6 Å². The summed E-state index contributed by atoms with van der Waals surface area (Å²) in [6.07, 6.45) is 13.5. The second-order valence-electron chi connectivity index (χ2n) is 8.25. The maximum absolute atomic E-state index is 13.0. The number of nitrogens with one attached hydrogen (secondary N) is 2. The van der Waals surface area contributed by atoms with Crippen molar-refractivity contribution in [3.63, 3.8) is 0 Å². The molecule has 1 aromatic rings. The predicted octanol–water partition coefficient (Wildman–Crippen LogP) is 4.83. The van der Waals surface area contributed by atoms with Gasteiger partial charge >= 0.3 is 0 Å². The standard InChI is InChI=1S/C21H30FN3S/c22-15-9-11-16(12-10-15)23-21(26)24-17-13-19-7-4-8-20(14-17)25(19)18-5-2-1-3-6-18/h9-12,17-20H,1-8,13-14H2,(H2,23,24,26). The van der Waals surface area contributed by atoms with E-state index in [4.69, 9.17) is 12.2 Å². The van der Waals surface area contributed by atoms with Gasteiger partial charge in [-0.25, -0.2) is 4.39 Å². The van der Waals surface area contributed by atoms with Crippen LogP contribution in [0, 0.1) is 5.82 Å². The third-order valence-electron chi connectivity index (χ3n) is 6.46. The number of hydrogen-bond acceptors (Lipinski definition) is 2. The fourth-order valence-corrected chi connectivity index (χ4v) is 5.68. The number of rotatable bonds is 3. The average Bonchev–Trinajstić information content (AvgIpc) is 2.63. The van der Waals surface area contributed by atoms with Crippen LogP contribution in [0.15, 0.2) is 24.3 Å². The predicted molar refractivity (Wildman–Crippen MR) is 109 cm³/mol. The Balaban J connectivity index is 1.34. The molecular formula is C21H30FN3S. The van der Waals surface area contributed by atoms with Crippen molar-refractivity contribution < 1.29 is 4.39 Å². The molecule has 26 heavy (non-hydrogen) atoms. The summed E-state index contributed by atoms with van der Waals surface area (Å²) in [7, 11) is 0. The van der Waals surface area contributed by atoms with E-state index >= 15 is 0 Å². The quantitative estimate of drug-likeness (QED) is 0.740. The SMILES string of the molecule is Fc1ccc(NC(=S)NC2CC3CCCC(C2)N3C2CCCCC2)cc1. The second kappa shape index (κ2) is 8.22. The zero-order chi connectivity index (χ0) is 17.9. The minimum atomic E-state index is -0.225. The summed E-state index contributed by atoms with van der Waals surface area (Å²) < 4.78 is 13.0. The van der Waals surface area contributed by atoms with Crippen LogP contribution in [0.4, 0.5) is 10.1 Å². The fraction of sp³-hybridized carbons (Fsp3) is 0.667. The Morgan fingerprint density at radius 3 is 2.15 bits per heavy atom. The van der Waals surface area contributed by atoms with Crippen molar-refractivity contribution in [1.82, 2.24) is 10.2 Å². The lowest BCUT2D eigenvalue weighted by atomic mass is 9.78. The van der Waals surface area contributed by atoms with E-state index < -0.39 is 0 Å². The number of thiocarbonyl (C=S) groups is 1. The van der Waals surface area contributed by atoms with E-state index in [1.807, 2.05) is 0 Å². The highest BCUT2D eigenvalue weighted by Gasteiger charge is 2.41. The number of benzene rings is 1. The van der Waals surface area contributed by atoms with Crippen molar-refractivity contribution in [1.29, 1.82) is 0 Å². The number of piperidine rings is 2. The normalized spacial score (nSPS) is 30.0. The maximum atomic E-state index is 13.0. The summed E-state index contributed by atoms with van der Waals surface area (Å²) in [5, 5.41) is 7.39. The van der Waals surface area contributed by atoms with Crippen molar-refractivity contribution in [2.75, 3.05) is 5.32 Å². The van der Waals surface area contributed by atoms with Gasteiger partial charge in [-0.15, -0.1) is 0 Å². The Kier molecular flexibility index (Phi) is 5.75. The van der Waals surface area contributed by atoms with Gasteiger partial charge in [0.1, 0.15) is 5.82 Å². The summed E-state index contributed by atoms with van der Waals surface area (Å²) in [5.41, 5.74) is 0.837. The van der Waals surface area contributed by atoms with Gasteiger partial charge in [0.15, 0.2) is 5.11 Å². The van der Waals surface area contributed by atoms with Crippen LogP contribution in [0.25, 0.3) is 0 Å². The van der Waals surface area contributed by atoms with Crippen LogP contribution >= 0.6 is 12.2 Å². The molecule has 3 nitrogen and oxygen atoms in total. The van der Waals surface area contributed by atoms with Crippen LogP contribution in [-0.4, -0.2) is 34.2 Å². The molecule has 1 aromatic carbocycles. The summed E-state index contributed by atoms with van der Waals surface area (Å²) in [6, 6.07) is 9.08. The monoisotopic (exact) mass is 375 g/mol. The summed E-state index contributed by atoms with van der Waals surface area (Å²) in [4.78, 5) is 2.90. The van der Waals surface area contributed by atoms with Crippen LogP contribution in [-0.2, 0) is 0 Å². The van der Waals surface area contributed by atoms with E-state index in [2.05, 4.69) is 15.5 Å². The third kappa shape index (κ3) is 4.20. The molecule has 2 N–H and O–H groups in total. The molecule has 1 aliphatic carbocycles. The number of halogens is 1. The highest BCUT2D eigenvalue weighted by atomic mass is 32.1. The first-order chi connectivity index (χ1) is 12.7. The van der Waals surface area contributed by atoms with Gasteiger partial charge in [-0.05, 0) is 75.0 Å². The molecule has 142 valence electrons. The van der Waals surface area contributed by atoms with Crippen molar-refractivity contribution in [3.8, 4) is 0 Å². The molecule has 3 fully saturated rings. The second-order valence-corrected chi connectivity index (χ2v) is 8.66. The Morgan fingerprint density at radius 1 is 0.885 bits per heavy atom. The highest BCUT2D eigenvalue weighted by molar-refractivity contribution is 7.80. The van der Waals surface area contributed by atoms with Crippen molar-refractivity contribution in [2.24, 2.45) is 0 Å². The summed E-state index contributed by atoms with van der Waals surface area (Å²) in [6.45, 7) is 0. The van der Waals surface area contributed by atoms with Crippen molar-refractivity contribution >= 4 is 23.0 Å². The molecular weight excluding hydrogens is 345 g/mol. The topological polar surface area (TPSA) is 27.3 Å². The number of nitrogens with zero attached hydrogens (tertiary/aromatic N) is 1. The third-order valence-corrected chi connectivity index (χ3v) is 6.68. The zero-order valence-electron chi connectivity index (χ0n) is 15.4. The number of fused-ring (bicyclic) bond motifs is 2. The minimum Gasteiger partial charge on any atom is -0.360 e. The van der Waals surface area contributed by atoms with E-state index in [9.17, 15) is 4.39 Å².